The molecule has 2 heterocycles. The lowest BCUT2D eigenvalue weighted by atomic mass is 9.91. The Kier molecular flexibility index (Phi) is 2.98. The first-order chi connectivity index (χ1) is 9.47. The Hall–Kier alpha value is -1.94. The first-order valence-corrected chi connectivity index (χ1v) is 6.65. The third-order valence-electron chi connectivity index (χ3n) is 3.77. The third kappa shape index (κ3) is 2.16. The Morgan fingerprint density at radius 2 is 1.95 bits per heavy atom. The van der Waals surface area contributed by atoms with Crippen molar-refractivity contribution in [3.8, 4) is 0 Å². The quantitative estimate of drug-likeness (QED) is 0.883. The van der Waals surface area contributed by atoms with Gasteiger partial charge in [0.15, 0.2) is 0 Å². The lowest BCUT2D eigenvalue weighted by molar-refractivity contribution is 0.220. The van der Waals surface area contributed by atoms with Crippen molar-refractivity contribution in [1.29, 1.82) is 0 Å². The number of nitrogens with zero attached hydrogens (tertiary/aromatic N) is 1. The predicted molar refractivity (Wildman–Crippen MR) is 76.2 cm³/mol. The third-order valence-corrected chi connectivity index (χ3v) is 3.77. The molecule has 0 radical (unpaired) electrons. The summed E-state index contributed by atoms with van der Waals surface area (Å²) in [5, 5.41) is 13.7. The highest BCUT2D eigenvalue weighted by Gasteiger charge is 2.31. The van der Waals surface area contributed by atoms with Gasteiger partial charge in [0.1, 0.15) is 11.9 Å². The summed E-state index contributed by atoms with van der Waals surface area (Å²) >= 11 is 0. The zero-order valence-electron chi connectivity index (χ0n) is 11.5. The van der Waals surface area contributed by atoms with Gasteiger partial charge in [-0.3, -0.25) is 4.98 Å². The normalized spacial score (nSPS) is 17.4. The molecular formula is C16H17FN2O. The Labute approximate surface area is 117 Å². The van der Waals surface area contributed by atoms with Gasteiger partial charge < -0.3 is 10.4 Å². The van der Waals surface area contributed by atoms with Crippen molar-refractivity contribution in [2.24, 2.45) is 0 Å². The van der Waals surface area contributed by atoms with Gasteiger partial charge in [0.2, 0.25) is 0 Å². The summed E-state index contributed by atoms with van der Waals surface area (Å²) in [6.07, 6.45) is 0.903. The van der Waals surface area contributed by atoms with Crippen molar-refractivity contribution in [2.75, 3.05) is 11.9 Å². The van der Waals surface area contributed by atoms with Gasteiger partial charge in [-0.2, -0.15) is 0 Å². The van der Waals surface area contributed by atoms with Crippen LogP contribution in [0.25, 0.3) is 0 Å². The van der Waals surface area contributed by atoms with Gasteiger partial charge in [0, 0.05) is 23.7 Å². The first kappa shape index (κ1) is 13.1. The molecule has 3 rings (SSSR count). The number of rotatable bonds is 2. The van der Waals surface area contributed by atoms with Gasteiger partial charge in [0.05, 0.1) is 11.4 Å². The maximum Gasteiger partial charge on any atom is 0.123 e. The molecule has 1 atom stereocenters. The van der Waals surface area contributed by atoms with Crippen LogP contribution in [0.4, 0.5) is 10.1 Å². The first-order valence-electron chi connectivity index (χ1n) is 6.65. The van der Waals surface area contributed by atoms with Crippen LogP contribution in [0.3, 0.4) is 0 Å². The number of benzene rings is 1. The van der Waals surface area contributed by atoms with Crippen molar-refractivity contribution in [2.45, 2.75) is 25.4 Å². The van der Waals surface area contributed by atoms with Crippen LogP contribution in [0.1, 0.15) is 36.8 Å². The number of aliphatic hydroxyl groups excluding tert-OH is 1. The molecule has 4 heteroatoms. The van der Waals surface area contributed by atoms with E-state index < -0.39 is 6.10 Å². The van der Waals surface area contributed by atoms with E-state index >= 15 is 0 Å². The number of pyridine rings is 1. The highest BCUT2D eigenvalue weighted by atomic mass is 19.1. The van der Waals surface area contributed by atoms with E-state index in [1.54, 1.807) is 18.3 Å². The molecule has 3 nitrogen and oxygen atoms in total. The van der Waals surface area contributed by atoms with E-state index in [-0.39, 0.29) is 11.2 Å². The molecule has 1 aliphatic heterocycles. The fourth-order valence-electron chi connectivity index (χ4n) is 2.54. The van der Waals surface area contributed by atoms with Crippen molar-refractivity contribution in [3.63, 3.8) is 0 Å². The second kappa shape index (κ2) is 4.56. The van der Waals surface area contributed by atoms with Crippen molar-refractivity contribution in [1.82, 2.24) is 4.98 Å². The molecule has 104 valence electrons. The van der Waals surface area contributed by atoms with E-state index in [0.29, 0.717) is 11.1 Å². The number of fused-ring (bicyclic) bond motifs is 1. The Balaban J connectivity index is 1.94. The van der Waals surface area contributed by atoms with E-state index in [1.807, 2.05) is 6.07 Å². The molecule has 1 aromatic heterocycles. The van der Waals surface area contributed by atoms with Gasteiger partial charge >= 0.3 is 0 Å². The van der Waals surface area contributed by atoms with Crippen LogP contribution in [0.5, 0.6) is 0 Å². The number of halogens is 1. The SMILES string of the molecule is CC1(C)CNc2cc([C@H](O)c3ccc(F)cc3)cnc21. The summed E-state index contributed by atoms with van der Waals surface area (Å²) in [7, 11) is 0. The fraction of sp³-hybridized carbons (Fsp3) is 0.312. The van der Waals surface area contributed by atoms with Crippen molar-refractivity contribution in [3.05, 3.63) is 59.2 Å². The maximum atomic E-state index is 12.9. The van der Waals surface area contributed by atoms with E-state index in [4.69, 9.17) is 0 Å². The topological polar surface area (TPSA) is 45.1 Å². The Morgan fingerprint density at radius 1 is 1.25 bits per heavy atom. The van der Waals surface area contributed by atoms with E-state index in [9.17, 15) is 9.50 Å². The zero-order chi connectivity index (χ0) is 14.3. The molecule has 0 saturated carbocycles. The number of anilines is 1. The van der Waals surface area contributed by atoms with Gasteiger partial charge in [0.25, 0.3) is 0 Å². The van der Waals surface area contributed by atoms with Gasteiger partial charge in [-0.1, -0.05) is 26.0 Å². The zero-order valence-corrected chi connectivity index (χ0v) is 11.5. The fourth-order valence-corrected chi connectivity index (χ4v) is 2.54. The molecule has 1 aromatic carbocycles. The maximum absolute atomic E-state index is 12.9. The number of aromatic nitrogens is 1. The molecule has 0 bridgehead atoms. The van der Waals surface area contributed by atoms with Gasteiger partial charge in [-0.15, -0.1) is 0 Å². The monoisotopic (exact) mass is 272 g/mol. The summed E-state index contributed by atoms with van der Waals surface area (Å²) < 4.78 is 12.9. The number of nitrogens with one attached hydrogen (secondary N) is 1. The van der Waals surface area contributed by atoms with Crippen molar-refractivity contribution < 1.29 is 9.50 Å². The second-order valence-corrected chi connectivity index (χ2v) is 5.86. The van der Waals surface area contributed by atoms with E-state index in [2.05, 4.69) is 24.1 Å². The van der Waals surface area contributed by atoms with Gasteiger partial charge in [-0.25, -0.2) is 4.39 Å². The van der Waals surface area contributed by atoms with Gasteiger partial charge in [-0.05, 0) is 23.8 Å². The van der Waals surface area contributed by atoms with Crippen LogP contribution in [-0.2, 0) is 5.41 Å². The minimum absolute atomic E-state index is 0.00862. The molecule has 2 N–H and O–H groups in total. The molecule has 0 fully saturated rings. The summed E-state index contributed by atoms with van der Waals surface area (Å²) in [6, 6.07) is 7.79. The standard InChI is InChI=1S/C16H17FN2O/c1-16(2)9-19-13-7-11(8-18-15(13)16)14(20)10-3-5-12(17)6-4-10/h3-8,14,19-20H,9H2,1-2H3/t14-/m1/s1. The number of hydrogen-bond donors (Lipinski definition) is 2. The van der Waals surface area contributed by atoms with Crippen LogP contribution in [0.2, 0.25) is 0 Å². The van der Waals surface area contributed by atoms with Crippen LogP contribution in [0.15, 0.2) is 36.5 Å². The number of hydrogen-bond acceptors (Lipinski definition) is 3. The summed E-state index contributed by atoms with van der Waals surface area (Å²) in [4.78, 5) is 4.48. The van der Waals surface area contributed by atoms with E-state index in [1.165, 1.54) is 12.1 Å². The van der Waals surface area contributed by atoms with Crippen LogP contribution < -0.4 is 5.32 Å². The average Bonchev–Trinajstić information content (AvgIpc) is 2.74. The molecule has 20 heavy (non-hydrogen) atoms. The summed E-state index contributed by atoms with van der Waals surface area (Å²) in [5.74, 6) is -0.309. The smallest absolute Gasteiger partial charge is 0.123 e. The highest BCUT2D eigenvalue weighted by molar-refractivity contribution is 5.58. The molecule has 1 aliphatic rings. The molecule has 2 aromatic rings. The summed E-state index contributed by atoms with van der Waals surface area (Å²) in [6.45, 7) is 5.11. The Bertz CT molecular complexity index is 637. The molecule has 0 spiro atoms. The largest absolute Gasteiger partial charge is 0.384 e. The average molecular weight is 272 g/mol. The van der Waals surface area contributed by atoms with Crippen LogP contribution in [0, 0.1) is 5.82 Å². The predicted octanol–water partition coefficient (Wildman–Crippen LogP) is 3.01. The minimum Gasteiger partial charge on any atom is -0.384 e. The molecular weight excluding hydrogens is 255 g/mol. The molecule has 0 amide bonds. The summed E-state index contributed by atoms with van der Waals surface area (Å²) in [5.41, 5.74) is 3.36. The highest BCUT2D eigenvalue weighted by Crippen LogP contribution is 2.36. The second-order valence-electron chi connectivity index (χ2n) is 5.86. The molecule has 0 saturated heterocycles. The Morgan fingerprint density at radius 3 is 2.65 bits per heavy atom. The lowest BCUT2D eigenvalue weighted by Gasteiger charge is -2.16. The van der Waals surface area contributed by atoms with E-state index in [0.717, 1.165) is 17.9 Å². The minimum atomic E-state index is -0.793. The van der Waals surface area contributed by atoms with Crippen LogP contribution >= 0.6 is 0 Å². The number of aliphatic hydroxyl groups is 1. The van der Waals surface area contributed by atoms with Crippen LogP contribution in [-0.4, -0.2) is 16.6 Å². The molecule has 0 aliphatic carbocycles. The lowest BCUT2D eigenvalue weighted by Crippen LogP contribution is -2.20. The van der Waals surface area contributed by atoms with Crippen molar-refractivity contribution >= 4 is 5.69 Å². The molecule has 0 unspecified atom stereocenters.